The highest BCUT2D eigenvalue weighted by Gasteiger charge is 2.02. The van der Waals surface area contributed by atoms with E-state index in [1.165, 1.54) is 6.33 Å². The fourth-order valence-corrected chi connectivity index (χ4v) is 1.66. The lowest BCUT2D eigenvalue weighted by Gasteiger charge is -2.13. The number of hydrogen-bond donors (Lipinski definition) is 2. The first kappa shape index (κ1) is 11.1. The molecule has 78 valence electrons. The Kier molecular flexibility index (Phi) is 4.52. The van der Waals surface area contributed by atoms with Gasteiger partial charge in [-0.05, 0) is 25.4 Å². The van der Waals surface area contributed by atoms with Crippen molar-refractivity contribution in [3.05, 3.63) is 12.4 Å². The maximum absolute atomic E-state index is 5.54. The van der Waals surface area contributed by atoms with E-state index in [1.807, 2.05) is 11.8 Å². The van der Waals surface area contributed by atoms with Crippen LogP contribution in [0, 0.1) is 0 Å². The van der Waals surface area contributed by atoms with Gasteiger partial charge >= 0.3 is 0 Å². The Balaban J connectivity index is 2.43. The lowest BCUT2D eigenvalue weighted by Crippen LogP contribution is -2.17. The van der Waals surface area contributed by atoms with Crippen LogP contribution in [0.3, 0.4) is 0 Å². The third-order valence-electron chi connectivity index (χ3n) is 1.84. The van der Waals surface area contributed by atoms with E-state index in [9.17, 15) is 0 Å². The predicted octanol–water partition coefficient (Wildman–Crippen LogP) is 1.61. The third-order valence-corrected chi connectivity index (χ3v) is 2.48. The van der Waals surface area contributed by atoms with E-state index in [0.29, 0.717) is 11.9 Å². The van der Waals surface area contributed by atoms with Gasteiger partial charge in [-0.25, -0.2) is 9.97 Å². The number of aromatic nitrogens is 2. The quantitative estimate of drug-likeness (QED) is 0.776. The standard InChI is InChI=1S/C9H16N4S/c1-7(3-4-14-2)13-9-5-8(10)11-6-12-9/h5-7H,3-4H2,1-2H3,(H3,10,11,12,13). The fraction of sp³-hybridized carbons (Fsp3) is 0.556. The highest BCUT2D eigenvalue weighted by molar-refractivity contribution is 7.98. The summed E-state index contributed by atoms with van der Waals surface area (Å²) >= 11 is 1.85. The van der Waals surface area contributed by atoms with Crippen LogP contribution in [0.2, 0.25) is 0 Å². The van der Waals surface area contributed by atoms with Gasteiger partial charge in [-0.3, -0.25) is 0 Å². The second-order valence-corrected chi connectivity index (χ2v) is 4.14. The van der Waals surface area contributed by atoms with Crippen molar-refractivity contribution in [1.29, 1.82) is 0 Å². The van der Waals surface area contributed by atoms with Gasteiger partial charge < -0.3 is 11.1 Å². The van der Waals surface area contributed by atoms with E-state index in [1.54, 1.807) is 6.07 Å². The summed E-state index contributed by atoms with van der Waals surface area (Å²) in [6.07, 6.45) is 4.69. The zero-order valence-corrected chi connectivity index (χ0v) is 9.34. The first-order valence-corrected chi connectivity index (χ1v) is 5.94. The Bertz CT molecular complexity index is 279. The molecule has 0 saturated carbocycles. The molecule has 0 bridgehead atoms. The highest BCUT2D eigenvalue weighted by Crippen LogP contribution is 2.09. The molecule has 0 radical (unpaired) electrons. The Morgan fingerprint density at radius 1 is 1.57 bits per heavy atom. The minimum atomic E-state index is 0.414. The topological polar surface area (TPSA) is 63.8 Å². The van der Waals surface area contributed by atoms with Crippen LogP contribution in [0.15, 0.2) is 12.4 Å². The molecule has 5 heteroatoms. The van der Waals surface area contributed by atoms with Crippen LogP contribution in [-0.2, 0) is 0 Å². The molecule has 0 fully saturated rings. The largest absolute Gasteiger partial charge is 0.384 e. The molecule has 3 N–H and O–H groups in total. The summed E-state index contributed by atoms with van der Waals surface area (Å²) in [5.74, 6) is 2.44. The minimum Gasteiger partial charge on any atom is -0.384 e. The second kappa shape index (κ2) is 5.70. The van der Waals surface area contributed by atoms with Crippen molar-refractivity contribution in [3.63, 3.8) is 0 Å². The first-order valence-electron chi connectivity index (χ1n) is 4.55. The molecule has 0 amide bonds. The maximum Gasteiger partial charge on any atom is 0.131 e. The average Bonchev–Trinajstić information content (AvgIpc) is 2.15. The van der Waals surface area contributed by atoms with Gasteiger partial charge in [-0.1, -0.05) is 0 Å². The molecular weight excluding hydrogens is 196 g/mol. The Morgan fingerprint density at radius 2 is 2.36 bits per heavy atom. The molecule has 1 aromatic rings. The van der Waals surface area contributed by atoms with Crippen LogP contribution in [0.25, 0.3) is 0 Å². The number of thioether (sulfide) groups is 1. The fourth-order valence-electron chi connectivity index (χ4n) is 1.07. The van der Waals surface area contributed by atoms with E-state index in [0.717, 1.165) is 18.0 Å². The molecule has 1 heterocycles. The van der Waals surface area contributed by atoms with Crippen LogP contribution in [0.4, 0.5) is 11.6 Å². The van der Waals surface area contributed by atoms with Gasteiger partial charge in [0, 0.05) is 12.1 Å². The number of nitrogens with one attached hydrogen (secondary N) is 1. The molecule has 4 nitrogen and oxygen atoms in total. The summed E-state index contributed by atoms with van der Waals surface area (Å²) in [7, 11) is 0. The molecule has 0 saturated heterocycles. The molecule has 0 aromatic carbocycles. The van der Waals surface area contributed by atoms with E-state index in [4.69, 9.17) is 5.73 Å². The van der Waals surface area contributed by atoms with Crippen LogP contribution >= 0.6 is 11.8 Å². The van der Waals surface area contributed by atoms with Crippen molar-refractivity contribution in [2.24, 2.45) is 0 Å². The number of hydrogen-bond acceptors (Lipinski definition) is 5. The number of nitrogens with two attached hydrogens (primary N) is 1. The molecular formula is C9H16N4S. The van der Waals surface area contributed by atoms with Crippen LogP contribution in [0.1, 0.15) is 13.3 Å². The van der Waals surface area contributed by atoms with Gasteiger partial charge in [-0.15, -0.1) is 0 Å². The zero-order valence-electron chi connectivity index (χ0n) is 8.53. The highest BCUT2D eigenvalue weighted by atomic mass is 32.2. The maximum atomic E-state index is 5.54. The molecule has 0 aliphatic heterocycles. The van der Waals surface area contributed by atoms with Crippen molar-refractivity contribution in [1.82, 2.24) is 9.97 Å². The van der Waals surface area contributed by atoms with Gasteiger partial charge in [0.2, 0.25) is 0 Å². The van der Waals surface area contributed by atoms with Crippen molar-refractivity contribution in [3.8, 4) is 0 Å². The Hall–Kier alpha value is -0.970. The minimum absolute atomic E-state index is 0.414. The molecule has 14 heavy (non-hydrogen) atoms. The number of nitrogens with zero attached hydrogens (tertiary/aromatic N) is 2. The van der Waals surface area contributed by atoms with E-state index < -0.39 is 0 Å². The summed E-state index contributed by atoms with van der Waals surface area (Å²) in [6, 6.07) is 2.16. The van der Waals surface area contributed by atoms with Crippen molar-refractivity contribution in [2.45, 2.75) is 19.4 Å². The lowest BCUT2D eigenvalue weighted by atomic mass is 10.2. The molecule has 1 atom stereocenters. The first-order chi connectivity index (χ1) is 6.72. The monoisotopic (exact) mass is 212 g/mol. The summed E-state index contributed by atoms with van der Waals surface area (Å²) < 4.78 is 0. The van der Waals surface area contributed by atoms with Gasteiger partial charge in [0.1, 0.15) is 18.0 Å². The molecule has 1 aromatic heterocycles. The summed E-state index contributed by atoms with van der Waals surface area (Å²) in [4.78, 5) is 7.91. The number of nitrogen functional groups attached to an aromatic ring is 1. The molecule has 0 spiro atoms. The lowest BCUT2D eigenvalue weighted by molar-refractivity contribution is 0.766. The van der Waals surface area contributed by atoms with Crippen LogP contribution < -0.4 is 11.1 Å². The summed E-state index contributed by atoms with van der Waals surface area (Å²) in [5.41, 5.74) is 5.54. The van der Waals surface area contributed by atoms with E-state index in [2.05, 4.69) is 28.5 Å². The zero-order chi connectivity index (χ0) is 10.4. The van der Waals surface area contributed by atoms with Gasteiger partial charge in [-0.2, -0.15) is 11.8 Å². The summed E-state index contributed by atoms with van der Waals surface area (Å²) in [6.45, 7) is 2.13. The van der Waals surface area contributed by atoms with Crippen molar-refractivity contribution < 1.29 is 0 Å². The van der Waals surface area contributed by atoms with Crippen LogP contribution in [-0.4, -0.2) is 28.0 Å². The van der Waals surface area contributed by atoms with E-state index in [-0.39, 0.29) is 0 Å². The normalized spacial score (nSPS) is 12.4. The van der Waals surface area contributed by atoms with Gasteiger partial charge in [0.25, 0.3) is 0 Å². The summed E-state index contributed by atoms with van der Waals surface area (Å²) in [5, 5.41) is 3.27. The molecule has 0 aliphatic rings. The Labute approximate surface area is 88.7 Å². The van der Waals surface area contributed by atoms with Crippen molar-refractivity contribution in [2.75, 3.05) is 23.1 Å². The molecule has 1 unspecified atom stereocenters. The number of rotatable bonds is 5. The average molecular weight is 212 g/mol. The van der Waals surface area contributed by atoms with Gasteiger partial charge in [0.15, 0.2) is 0 Å². The Morgan fingerprint density at radius 3 is 3.00 bits per heavy atom. The van der Waals surface area contributed by atoms with Crippen molar-refractivity contribution >= 4 is 23.4 Å². The SMILES string of the molecule is CSCCC(C)Nc1cc(N)ncn1. The third kappa shape index (κ3) is 3.83. The molecule has 0 aliphatic carbocycles. The van der Waals surface area contributed by atoms with E-state index >= 15 is 0 Å². The van der Waals surface area contributed by atoms with Gasteiger partial charge in [0.05, 0.1) is 0 Å². The van der Waals surface area contributed by atoms with Crippen LogP contribution in [0.5, 0.6) is 0 Å². The second-order valence-electron chi connectivity index (χ2n) is 3.15. The molecule has 1 rings (SSSR count). The smallest absolute Gasteiger partial charge is 0.131 e. The number of anilines is 2. The predicted molar refractivity (Wildman–Crippen MR) is 62.5 cm³/mol.